The van der Waals surface area contributed by atoms with Gasteiger partial charge in [0.05, 0.1) is 16.0 Å². The molecule has 1 aromatic rings. The van der Waals surface area contributed by atoms with E-state index in [1.54, 1.807) is 43.9 Å². The Bertz CT molecular complexity index is 736. The number of amides is 1. The molecule has 0 spiro atoms. The predicted octanol–water partition coefficient (Wildman–Crippen LogP) is 3.79. The molecular formula is C17H25ClN2O4S. The van der Waals surface area contributed by atoms with E-state index in [0.29, 0.717) is 36.6 Å². The summed E-state index contributed by atoms with van der Waals surface area (Å²) in [4.78, 5) is 13.6. The molecule has 1 aliphatic rings. The fraction of sp³-hybridized carbons (Fsp3) is 0.588. The molecule has 25 heavy (non-hydrogen) atoms. The third-order valence-electron chi connectivity index (χ3n) is 3.91. The normalized spacial score (nSPS) is 16.6. The van der Waals surface area contributed by atoms with Crippen LogP contribution in [0.3, 0.4) is 0 Å². The molecule has 1 fully saturated rings. The molecule has 6 nitrogen and oxygen atoms in total. The largest absolute Gasteiger partial charge is 0.444 e. The van der Waals surface area contributed by atoms with Gasteiger partial charge in [0.1, 0.15) is 5.60 Å². The first kappa shape index (κ1) is 19.8. The Balaban J connectivity index is 1.98. The predicted molar refractivity (Wildman–Crippen MR) is 99.6 cm³/mol. The number of nitrogens with zero attached hydrogens (tertiary/aromatic N) is 1. The number of carbonyl (C=O) groups is 1. The fourth-order valence-electron chi connectivity index (χ4n) is 2.61. The van der Waals surface area contributed by atoms with Crippen molar-refractivity contribution in [3.05, 3.63) is 28.8 Å². The fourth-order valence-corrected chi connectivity index (χ4v) is 4.44. The van der Waals surface area contributed by atoms with E-state index in [1.165, 1.54) is 0 Å². The van der Waals surface area contributed by atoms with Crippen LogP contribution < -0.4 is 4.72 Å². The zero-order chi connectivity index (χ0) is 18.8. The van der Waals surface area contributed by atoms with Gasteiger partial charge in [-0.2, -0.15) is 0 Å². The highest BCUT2D eigenvalue weighted by atomic mass is 35.5. The molecule has 8 heteroatoms. The first-order chi connectivity index (χ1) is 11.5. The molecule has 140 valence electrons. The first-order valence-electron chi connectivity index (χ1n) is 8.24. The van der Waals surface area contributed by atoms with Crippen LogP contribution in [0.5, 0.6) is 0 Å². The van der Waals surface area contributed by atoms with E-state index in [1.807, 2.05) is 6.92 Å². The number of anilines is 1. The van der Waals surface area contributed by atoms with E-state index in [2.05, 4.69) is 4.72 Å². The van der Waals surface area contributed by atoms with Crippen LogP contribution in [-0.4, -0.2) is 43.4 Å². The van der Waals surface area contributed by atoms with Crippen molar-refractivity contribution in [2.24, 2.45) is 0 Å². The average Bonchev–Trinajstić information content (AvgIpc) is 2.48. The van der Waals surface area contributed by atoms with Crippen LogP contribution in [0.25, 0.3) is 0 Å². The molecule has 0 aliphatic carbocycles. The van der Waals surface area contributed by atoms with Gasteiger partial charge in [-0.15, -0.1) is 0 Å². The Morgan fingerprint density at radius 2 is 1.88 bits per heavy atom. The minimum Gasteiger partial charge on any atom is -0.444 e. The van der Waals surface area contributed by atoms with E-state index < -0.39 is 27.0 Å². The highest BCUT2D eigenvalue weighted by molar-refractivity contribution is 7.93. The molecule has 0 radical (unpaired) electrons. The topological polar surface area (TPSA) is 75.7 Å². The van der Waals surface area contributed by atoms with E-state index in [4.69, 9.17) is 16.3 Å². The number of benzene rings is 1. The highest BCUT2D eigenvalue weighted by Gasteiger charge is 2.33. The van der Waals surface area contributed by atoms with Crippen LogP contribution in [0.4, 0.5) is 10.5 Å². The second kappa shape index (κ2) is 7.41. The summed E-state index contributed by atoms with van der Waals surface area (Å²) in [6, 6.07) is 5.17. The Morgan fingerprint density at radius 1 is 1.28 bits per heavy atom. The molecule has 0 atom stereocenters. The molecule has 1 aliphatic heterocycles. The maximum absolute atomic E-state index is 12.6. The van der Waals surface area contributed by atoms with Crippen molar-refractivity contribution < 1.29 is 17.9 Å². The first-order valence-corrected chi connectivity index (χ1v) is 10.2. The number of halogens is 1. The second-order valence-electron chi connectivity index (χ2n) is 7.30. The van der Waals surface area contributed by atoms with Crippen molar-refractivity contribution in [1.82, 2.24) is 4.90 Å². The van der Waals surface area contributed by atoms with E-state index in [0.717, 1.165) is 5.56 Å². The van der Waals surface area contributed by atoms with Crippen LogP contribution in [0, 0.1) is 6.92 Å². The molecule has 1 saturated heterocycles. The van der Waals surface area contributed by atoms with Gasteiger partial charge in [0, 0.05) is 13.1 Å². The number of nitrogens with one attached hydrogen (secondary N) is 1. The molecule has 1 heterocycles. The zero-order valence-corrected chi connectivity index (χ0v) is 16.6. The zero-order valence-electron chi connectivity index (χ0n) is 15.0. The van der Waals surface area contributed by atoms with Crippen LogP contribution in [0.2, 0.25) is 5.02 Å². The molecule has 1 amide bonds. The number of hydrogen-bond donors (Lipinski definition) is 1. The smallest absolute Gasteiger partial charge is 0.410 e. The minimum absolute atomic E-state index is 0.349. The van der Waals surface area contributed by atoms with Gasteiger partial charge in [-0.25, -0.2) is 13.2 Å². The molecule has 0 saturated carbocycles. The lowest BCUT2D eigenvalue weighted by Crippen LogP contribution is -2.45. The van der Waals surface area contributed by atoms with Gasteiger partial charge in [-0.1, -0.05) is 17.7 Å². The van der Waals surface area contributed by atoms with Gasteiger partial charge in [0.25, 0.3) is 0 Å². The van der Waals surface area contributed by atoms with Crippen molar-refractivity contribution >= 4 is 33.4 Å². The summed E-state index contributed by atoms with van der Waals surface area (Å²) >= 11 is 6.10. The summed E-state index contributed by atoms with van der Waals surface area (Å²) in [6.07, 6.45) is 0.314. The summed E-state index contributed by atoms with van der Waals surface area (Å²) < 4.78 is 33.1. The summed E-state index contributed by atoms with van der Waals surface area (Å²) in [7, 11) is -3.57. The van der Waals surface area contributed by atoms with Gasteiger partial charge in [-0.05, 0) is 58.2 Å². The van der Waals surface area contributed by atoms with Gasteiger partial charge in [0.15, 0.2) is 0 Å². The monoisotopic (exact) mass is 388 g/mol. The van der Waals surface area contributed by atoms with Gasteiger partial charge in [-0.3, -0.25) is 4.72 Å². The van der Waals surface area contributed by atoms with Crippen LogP contribution in [0.1, 0.15) is 39.2 Å². The third kappa shape index (κ3) is 5.51. The number of sulfonamides is 1. The number of aryl methyl sites for hydroxylation is 1. The van der Waals surface area contributed by atoms with E-state index >= 15 is 0 Å². The van der Waals surface area contributed by atoms with Crippen molar-refractivity contribution in [3.8, 4) is 0 Å². The van der Waals surface area contributed by atoms with Crippen LogP contribution in [0.15, 0.2) is 18.2 Å². The molecular weight excluding hydrogens is 364 g/mol. The van der Waals surface area contributed by atoms with Crippen molar-refractivity contribution in [1.29, 1.82) is 0 Å². The molecule has 0 aromatic heterocycles. The summed E-state index contributed by atoms with van der Waals surface area (Å²) in [5.74, 6) is 0. The number of carbonyl (C=O) groups excluding carboxylic acids is 1. The van der Waals surface area contributed by atoms with Crippen LogP contribution >= 0.6 is 11.6 Å². The molecule has 0 unspecified atom stereocenters. The van der Waals surface area contributed by atoms with Crippen molar-refractivity contribution in [2.75, 3.05) is 17.8 Å². The average molecular weight is 389 g/mol. The number of hydrogen-bond acceptors (Lipinski definition) is 4. The molecule has 1 N–H and O–H groups in total. The van der Waals surface area contributed by atoms with Crippen molar-refractivity contribution in [2.45, 2.75) is 51.4 Å². The van der Waals surface area contributed by atoms with Gasteiger partial charge >= 0.3 is 6.09 Å². The molecule has 0 bridgehead atoms. The number of ether oxygens (including phenoxy) is 1. The van der Waals surface area contributed by atoms with Gasteiger partial charge < -0.3 is 9.64 Å². The summed E-state index contributed by atoms with van der Waals surface area (Å²) in [5, 5.41) is -0.196. The van der Waals surface area contributed by atoms with E-state index in [-0.39, 0.29) is 0 Å². The van der Waals surface area contributed by atoms with E-state index in [9.17, 15) is 13.2 Å². The quantitative estimate of drug-likeness (QED) is 0.854. The number of rotatable bonds is 3. The summed E-state index contributed by atoms with van der Waals surface area (Å²) in [6.45, 7) is 7.99. The molecule has 2 rings (SSSR count). The molecule has 1 aromatic carbocycles. The SMILES string of the molecule is Cc1ccc(NS(=O)(=O)C2CCN(C(=O)OC(C)(C)C)CC2)c(Cl)c1. The Labute approximate surface area is 154 Å². The second-order valence-corrected chi connectivity index (χ2v) is 9.67. The van der Waals surface area contributed by atoms with Crippen molar-refractivity contribution in [3.63, 3.8) is 0 Å². The number of piperidine rings is 1. The standard InChI is InChI=1S/C17H25ClN2O4S/c1-12-5-6-15(14(18)11-12)19-25(22,23)13-7-9-20(10-8-13)16(21)24-17(2,3)4/h5-6,11,13,19H,7-10H2,1-4H3. The van der Waals surface area contributed by atoms with Gasteiger partial charge in [0.2, 0.25) is 10.0 Å². The lowest BCUT2D eigenvalue weighted by molar-refractivity contribution is 0.0217. The number of likely N-dealkylation sites (tertiary alicyclic amines) is 1. The minimum atomic E-state index is -3.57. The Hall–Kier alpha value is -1.47. The maximum Gasteiger partial charge on any atom is 0.410 e. The lowest BCUT2D eigenvalue weighted by Gasteiger charge is -2.33. The highest BCUT2D eigenvalue weighted by Crippen LogP contribution is 2.27. The third-order valence-corrected chi connectivity index (χ3v) is 6.08. The Morgan fingerprint density at radius 3 is 2.40 bits per heavy atom. The maximum atomic E-state index is 12.6. The van der Waals surface area contributed by atoms with Crippen LogP contribution in [-0.2, 0) is 14.8 Å². The lowest BCUT2D eigenvalue weighted by atomic mass is 10.1. The summed E-state index contributed by atoms with van der Waals surface area (Å²) in [5.41, 5.74) is 0.768. The Kier molecular flexibility index (Phi) is 5.89.